The second kappa shape index (κ2) is 5.48. The van der Waals surface area contributed by atoms with Crippen LogP contribution >= 0.6 is 15.9 Å². The number of anilines is 2. The summed E-state index contributed by atoms with van der Waals surface area (Å²) in [5.74, 6) is 0.751. The van der Waals surface area contributed by atoms with Crippen molar-refractivity contribution in [2.45, 2.75) is 25.8 Å². The molecule has 0 saturated carbocycles. The molecule has 0 bridgehead atoms. The fraction of sp³-hybridized carbons (Fsp3) is 0.400. The van der Waals surface area contributed by atoms with Gasteiger partial charge in [-0.05, 0) is 47.8 Å². The van der Waals surface area contributed by atoms with Crippen LogP contribution in [0.25, 0.3) is 0 Å². The first-order valence-electron chi connectivity index (χ1n) is 6.97. The van der Waals surface area contributed by atoms with Gasteiger partial charge in [0.2, 0.25) is 0 Å². The van der Waals surface area contributed by atoms with Crippen LogP contribution in [0.3, 0.4) is 0 Å². The van der Waals surface area contributed by atoms with Crippen molar-refractivity contribution < 1.29 is 0 Å². The summed E-state index contributed by atoms with van der Waals surface area (Å²) in [5, 5.41) is 4.56. The standard InChI is InChI=1S/C15H19BrN4/c1-11-14(16)15(17)20(18-11)13-7-9-19(10-8-13)12-5-3-2-4-6-12/h2-6,13H,7-10,17H2,1H3. The van der Waals surface area contributed by atoms with Crippen LogP contribution in [0.5, 0.6) is 0 Å². The number of aromatic nitrogens is 2. The van der Waals surface area contributed by atoms with Gasteiger partial charge in [0.15, 0.2) is 0 Å². The average Bonchev–Trinajstić information content (AvgIpc) is 2.76. The number of hydrogen-bond donors (Lipinski definition) is 1. The van der Waals surface area contributed by atoms with E-state index in [1.54, 1.807) is 0 Å². The largest absolute Gasteiger partial charge is 0.383 e. The maximum Gasteiger partial charge on any atom is 0.136 e. The lowest BCUT2D eigenvalue weighted by atomic mass is 10.0. The van der Waals surface area contributed by atoms with E-state index in [-0.39, 0.29) is 0 Å². The average molecular weight is 335 g/mol. The molecule has 1 saturated heterocycles. The lowest BCUT2D eigenvalue weighted by Gasteiger charge is -2.34. The lowest BCUT2D eigenvalue weighted by Crippen LogP contribution is -2.35. The summed E-state index contributed by atoms with van der Waals surface area (Å²) in [6.45, 7) is 4.07. The minimum atomic E-state index is 0.403. The summed E-state index contributed by atoms with van der Waals surface area (Å²) < 4.78 is 2.92. The highest BCUT2D eigenvalue weighted by Gasteiger charge is 2.24. The summed E-state index contributed by atoms with van der Waals surface area (Å²) in [6, 6.07) is 11.0. The van der Waals surface area contributed by atoms with Gasteiger partial charge in [-0.2, -0.15) is 5.10 Å². The van der Waals surface area contributed by atoms with E-state index in [1.165, 1.54) is 5.69 Å². The van der Waals surface area contributed by atoms with Crippen LogP contribution in [0, 0.1) is 6.92 Å². The van der Waals surface area contributed by atoms with Gasteiger partial charge in [-0.3, -0.25) is 0 Å². The highest BCUT2D eigenvalue weighted by Crippen LogP contribution is 2.31. The Morgan fingerprint density at radius 1 is 1.20 bits per heavy atom. The van der Waals surface area contributed by atoms with Crippen LogP contribution in [0.2, 0.25) is 0 Å². The van der Waals surface area contributed by atoms with Gasteiger partial charge in [-0.1, -0.05) is 18.2 Å². The third kappa shape index (κ3) is 2.42. The number of nitrogens with two attached hydrogens (primary N) is 1. The second-order valence-corrected chi connectivity index (χ2v) is 6.08. The van der Waals surface area contributed by atoms with Gasteiger partial charge in [-0.25, -0.2) is 4.68 Å². The second-order valence-electron chi connectivity index (χ2n) is 5.28. The van der Waals surface area contributed by atoms with E-state index in [1.807, 2.05) is 11.6 Å². The number of nitrogens with zero attached hydrogens (tertiary/aromatic N) is 3. The van der Waals surface area contributed by atoms with Gasteiger partial charge in [0.25, 0.3) is 0 Å². The molecule has 2 heterocycles. The smallest absolute Gasteiger partial charge is 0.136 e. The van der Waals surface area contributed by atoms with Gasteiger partial charge in [0, 0.05) is 18.8 Å². The Labute approximate surface area is 127 Å². The molecule has 0 radical (unpaired) electrons. The van der Waals surface area contributed by atoms with Crippen molar-refractivity contribution in [3.05, 3.63) is 40.5 Å². The molecule has 106 valence electrons. The molecular formula is C15H19BrN4. The van der Waals surface area contributed by atoms with Crippen LogP contribution in [-0.4, -0.2) is 22.9 Å². The first kappa shape index (κ1) is 13.5. The summed E-state index contributed by atoms with van der Waals surface area (Å²) >= 11 is 3.50. The Morgan fingerprint density at radius 3 is 2.40 bits per heavy atom. The zero-order chi connectivity index (χ0) is 14.1. The molecule has 1 aliphatic heterocycles. The fourth-order valence-corrected chi connectivity index (χ4v) is 3.09. The van der Waals surface area contributed by atoms with Gasteiger partial charge < -0.3 is 10.6 Å². The summed E-state index contributed by atoms with van der Waals surface area (Å²) in [7, 11) is 0. The molecule has 1 aliphatic rings. The van der Waals surface area contributed by atoms with E-state index >= 15 is 0 Å². The maximum absolute atomic E-state index is 6.12. The molecular weight excluding hydrogens is 316 g/mol. The molecule has 2 N–H and O–H groups in total. The van der Waals surface area contributed by atoms with Crippen molar-refractivity contribution in [2.75, 3.05) is 23.7 Å². The number of piperidine rings is 1. The Kier molecular flexibility index (Phi) is 3.70. The Morgan fingerprint density at radius 2 is 1.85 bits per heavy atom. The van der Waals surface area contributed by atoms with E-state index in [2.05, 4.69) is 56.3 Å². The van der Waals surface area contributed by atoms with Crippen molar-refractivity contribution in [3.63, 3.8) is 0 Å². The molecule has 1 aromatic carbocycles. The van der Waals surface area contributed by atoms with E-state index in [0.29, 0.717) is 6.04 Å². The summed E-state index contributed by atoms with van der Waals surface area (Å²) in [5.41, 5.74) is 8.39. The number of para-hydroxylation sites is 1. The van der Waals surface area contributed by atoms with Crippen LogP contribution in [0.4, 0.5) is 11.5 Å². The molecule has 4 nitrogen and oxygen atoms in total. The third-order valence-corrected chi connectivity index (χ3v) is 4.96. The topological polar surface area (TPSA) is 47.1 Å². The molecule has 0 spiro atoms. The van der Waals surface area contributed by atoms with Crippen molar-refractivity contribution in [2.24, 2.45) is 0 Å². The Balaban J connectivity index is 1.71. The van der Waals surface area contributed by atoms with E-state index < -0.39 is 0 Å². The number of halogens is 1. The number of benzene rings is 1. The van der Waals surface area contributed by atoms with Crippen molar-refractivity contribution >= 4 is 27.4 Å². The van der Waals surface area contributed by atoms with Crippen molar-refractivity contribution in [1.82, 2.24) is 9.78 Å². The number of aryl methyl sites for hydroxylation is 1. The Hall–Kier alpha value is -1.49. The quantitative estimate of drug-likeness (QED) is 0.915. The molecule has 20 heavy (non-hydrogen) atoms. The van der Waals surface area contributed by atoms with Gasteiger partial charge in [-0.15, -0.1) is 0 Å². The molecule has 0 atom stereocenters. The van der Waals surface area contributed by atoms with E-state index in [0.717, 1.165) is 41.9 Å². The number of hydrogen-bond acceptors (Lipinski definition) is 3. The van der Waals surface area contributed by atoms with Crippen molar-refractivity contribution in [1.29, 1.82) is 0 Å². The predicted molar refractivity (Wildman–Crippen MR) is 86.0 cm³/mol. The molecule has 5 heteroatoms. The molecule has 1 fully saturated rings. The van der Waals surface area contributed by atoms with Gasteiger partial charge >= 0.3 is 0 Å². The zero-order valence-corrected chi connectivity index (χ0v) is 13.2. The molecule has 2 aromatic rings. The summed E-state index contributed by atoms with van der Waals surface area (Å²) in [6.07, 6.45) is 2.15. The Bertz CT molecular complexity index is 585. The normalized spacial score (nSPS) is 16.6. The summed E-state index contributed by atoms with van der Waals surface area (Å²) in [4.78, 5) is 2.43. The van der Waals surface area contributed by atoms with E-state index in [4.69, 9.17) is 5.73 Å². The molecule has 0 amide bonds. The van der Waals surface area contributed by atoms with Crippen LogP contribution < -0.4 is 10.6 Å². The first-order valence-corrected chi connectivity index (χ1v) is 7.76. The van der Waals surface area contributed by atoms with Crippen molar-refractivity contribution in [3.8, 4) is 0 Å². The predicted octanol–water partition coefficient (Wildman–Crippen LogP) is 3.38. The highest BCUT2D eigenvalue weighted by molar-refractivity contribution is 9.10. The van der Waals surface area contributed by atoms with Gasteiger partial charge in [0.1, 0.15) is 5.82 Å². The first-order chi connectivity index (χ1) is 9.66. The molecule has 0 aliphatic carbocycles. The van der Waals surface area contributed by atoms with Crippen LogP contribution in [0.15, 0.2) is 34.8 Å². The zero-order valence-electron chi connectivity index (χ0n) is 11.6. The van der Waals surface area contributed by atoms with Crippen LogP contribution in [0.1, 0.15) is 24.6 Å². The minimum absolute atomic E-state index is 0.403. The fourth-order valence-electron chi connectivity index (χ4n) is 2.83. The highest BCUT2D eigenvalue weighted by atomic mass is 79.9. The van der Waals surface area contributed by atoms with Crippen LogP contribution in [-0.2, 0) is 0 Å². The number of rotatable bonds is 2. The monoisotopic (exact) mass is 334 g/mol. The third-order valence-electron chi connectivity index (χ3n) is 3.98. The van der Waals surface area contributed by atoms with Gasteiger partial charge in [0.05, 0.1) is 16.2 Å². The molecule has 1 aromatic heterocycles. The SMILES string of the molecule is Cc1nn(C2CCN(c3ccccc3)CC2)c(N)c1Br. The molecule has 0 unspecified atom stereocenters. The minimum Gasteiger partial charge on any atom is -0.383 e. The lowest BCUT2D eigenvalue weighted by molar-refractivity contribution is 0.370. The van der Waals surface area contributed by atoms with E-state index in [9.17, 15) is 0 Å². The maximum atomic E-state index is 6.12. The number of nitrogen functional groups attached to an aromatic ring is 1. The molecule has 3 rings (SSSR count).